The van der Waals surface area contributed by atoms with E-state index in [1.54, 1.807) is 6.20 Å². The maximum Gasteiger partial charge on any atom is 0.239 e. The summed E-state index contributed by atoms with van der Waals surface area (Å²) in [6.45, 7) is 5.64. The first-order valence-electron chi connectivity index (χ1n) is 6.71. The lowest BCUT2D eigenvalue weighted by molar-refractivity contribution is -0.119. The molecule has 0 spiro atoms. The predicted molar refractivity (Wildman–Crippen MR) is 83.3 cm³/mol. The lowest BCUT2D eigenvalue weighted by Crippen LogP contribution is -2.37. The highest BCUT2D eigenvalue weighted by molar-refractivity contribution is 6.31. The van der Waals surface area contributed by atoms with Gasteiger partial charge in [0.05, 0.1) is 12.1 Å². The number of hydrogen-bond acceptors (Lipinski definition) is 3. The molecule has 0 aliphatic carbocycles. The molecule has 0 radical (unpaired) electrons. The highest BCUT2D eigenvalue weighted by atomic mass is 35.5. The number of hydrogen-bond donors (Lipinski definition) is 1. The minimum absolute atomic E-state index is 0.0151. The quantitative estimate of drug-likeness (QED) is 0.921. The van der Waals surface area contributed by atoms with Crippen molar-refractivity contribution >= 4 is 34.1 Å². The smallest absolute Gasteiger partial charge is 0.239 e. The first-order valence-corrected chi connectivity index (χ1v) is 7.09. The van der Waals surface area contributed by atoms with E-state index >= 15 is 0 Å². The number of benzene rings is 1. The third-order valence-electron chi connectivity index (χ3n) is 3.11. The average Bonchev–Trinajstić information content (AvgIpc) is 2.44. The SMILES string of the molecule is CCNC(=O)CN(CC)c1ccnc2ccc(Cl)cc12. The molecule has 0 saturated carbocycles. The van der Waals surface area contributed by atoms with Crippen molar-refractivity contribution in [3.8, 4) is 0 Å². The number of halogens is 1. The maximum absolute atomic E-state index is 11.8. The van der Waals surface area contributed by atoms with Crippen molar-refractivity contribution in [3.05, 3.63) is 35.5 Å². The summed E-state index contributed by atoms with van der Waals surface area (Å²) in [7, 11) is 0. The molecule has 1 aromatic carbocycles. The number of amides is 1. The Morgan fingerprint density at radius 3 is 2.85 bits per heavy atom. The van der Waals surface area contributed by atoms with Gasteiger partial charge in [0.25, 0.3) is 0 Å². The summed E-state index contributed by atoms with van der Waals surface area (Å²) in [6, 6.07) is 7.52. The van der Waals surface area contributed by atoms with Gasteiger partial charge < -0.3 is 10.2 Å². The molecule has 0 saturated heterocycles. The summed E-state index contributed by atoms with van der Waals surface area (Å²) in [5.74, 6) is 0.0151. The van der Waals surface area contributed by atoms with Crippen LogP contribution in [-0.4, -0.2) is 30.5 Å². The Morgan fingerprint density at radius 2 is 2.15 bits per heavy atom. The molecule has 2 rings (SSSR count). The van der Waals surface area contributed by atoms with Gasteiger partial charge in [0.2, 0.25) is 5.91 Å². The van der Waals surface area contributed by atoms with Gasteiger partial charge in [0.15, 0.2) is 0 Å². The molecule has 20 heavy (non-hydrogen) atoms. The second kappa shape index (κ2) is 6.57. The molecule has 0 aliphatic rings. The minimum Gasteiger partial charge on any atom is -0.362 e. The Hall–Kier alpha value is -1.81. The van der Waals surface area contributed by atoms with Crippen molar-refractivity contribution in [2.75, 3.05) is 24.5 Å². The number of carbonyl (C=O) groups is 1. The zero-order chi connectivity index (χ0) is 14.5. The Labute approximate surface area is 123 Å². The van der Waals surface area contributed by atoms with E-state index in [9.17, 15) is 4.79 Å². The van der Waals surface area contributed by atoms with Crippen LogP contribution in [0.5, 0.6) is 0 Å². The van der Waals surface area contributed by atoms with E-state index in [0.717, 1.165) is 23.1 Å². The predicted octanol–water partition coefficient (Wildman–Crippen LogP) is 2.85. The van der Waals surface area contributed by atoms with Gasteiger partial charge >= 0.3 is 0 Å². The third kappa shape index (κ3) is 3.20. The second-order valence-corrected chi connectivity index (χ2v) is 4.90. The number of anilines is 1. The molecule has 0 aliphatic heterocycles. The van der Waals surface area contributed by atoms with Crippen LogP contribution in [0.15, 0.2) is 30.5 Å². The Kier molecular flexibility index (Phi) is 4.79. The van der Waals surface area contributed by atoms with Crippen molar-refractivity contribution in [2.45, 2.75) is 13.8 Å². The summed E-state index contributed by atoms with van der Waals surface area (Å²) < 4.78 is 0. The zero-order valence-electron chi connectivity index (χ0n) is 11.7. The largest absolute Gasteiger partial charge is 0.362 e. The molecular formula is C15H18ClN3O. The molecule has 0 fully saturated rings. The monoisotopic (exact) mass is 291 g/mol. The van der Waals surface area contributed by atoms with Crippen LogP contribution in [0.3, 0.4) is 0 Å². The van der Waals surface area contributed by atoms with Crippen LogP contribution in [0.1, 0.15) is 13.8 Å². The standard InChI is InChI=1S/C15H18ClN3O/c1-3-17-15(20)10-19(4-2)14-7-8-18-13-6-5-11(16)9-12(13)14/h5-9H,3-4,10H2,1-2H3,(H,17,20). The van der Waals surface area contributed by atoms with Gasteiger partial charge in [-0.25, -0.2) is 0 Å². The second-order valence-electron chi connectivity index (χ2n) is 4.46. The van der Waals surface area contributed by atoms with E-state index < -0.39 is 0 Å². The highest BCUT2D eigenvalue weighted by Gasteiger charge is 2.12. The van der Waals surface area contributed by atoms with E-state index in [1.165, 1.54) is 0 Å². The molecule has 1 amide bonds. The van der Waals surface area contributed by atoms with Crippen molar-refractivity contribution in [2.24, 2.45) is 0 Å². The normalized spacial score (nSPS) is 10.6. The third-order valence-corrected chi connectivity index (χ3v) is 3.35. The molecule has 1 aromatic heterocycles. The van der Waals surface area contributed by atoms with Crippen molar-refractivity contribution < 1.29 is 4.79 Å². The van der Waals surface area contributed by atoms with E-state index in [0.29, 0.717) is 18.1 Å². The van der Waals surface area contributed by atoms with Gasteiger partial charge in [0.1, 0.15) is 0 Å². The molecule has 4 nitrogen and oxygen atoms in total. The van der Waals surface area contributed by atoms with Crippen LogP contribution in [0, 0.1) is 0 Å². The first kappa shape index (κ1) is 14.6. The molecule has 0 bridgehead atoms. The van der Waals surface area contributed by atoms with Crippen molar-refractivity contribution in [1.29, 1.82) is 0 Å². The Morgan fingerprint density at radius 1 is 1.35 bits per heavy atom. The topological polar surface area (TPSA) is 45.2 Å². The van der Waals surface area contributed by atoms with Gasteiger partial charge in [-0.05, 0) is 38.1 Å². The van der Waals surface area contributed by atoms with E-state index in [4.69, 9.17) is 11.6 Å². The number of carbonyl (C=O) groups excluding carboxylic acids is 1. The van der Waals surface area contributed by atoms with Gasteiger partial charge in [-0.1, -0.05) is 11.6 Å². The summed E-state index contributed by atoms with van der Waals surface area (Å²) in [6.07, 6.45) is 1.76. The van der Waals surface area contributed by atoms with Gasteiger partial charge in [-0.15, -0.1) is 0 Å². The fourth-order valence-corrected chi connectivity index (χ4v) is 2.35. The van der Waals surface area contributed by atoms with Crippen LogP contribution in [0.4, 0.5) is 5.69 Å². The highest BCUT2D eigenvalue weighted by Crippen LogP contribution is 2.27. The molecule has 2 aromatic rings. The number of pyridine rings is 1. The van der Waals surface area contributed by atoms with E-state index in [-0.39, 0.29) is 5.91 Å². The molecular weight excluding hydrogens is 274 g/mol. The van der Waals surface area contributed by atoms with Gasteiger partial charge in [-0.2, -0.15) is 0 Å². The molecule has 1 N–H and O–H groups in total. The van der Waals surface area contributed by atoms with Crippen molar-refractivity contribution in [1.82, 2.24) is 10.3 Å². The number of aromatic nitrogens is 1. The minimum atomic E-state index is 0.0151. The zero-order valence-corrected chi connectivity index (χ0v) is 12.4. The fourth-order valence-electron chi connectivity index (χ4n) is 2.17. The molecule has 1 heterocycles. The van der Waals surface area contributed by atoms with Gasteiger partial charge in [0, 0.05) is 35.4 Å². The van der Waals surface area contributed by atoms with Crippen LogP contribution in [-0.2, 0) is 4.79 Å². The van der Waals surface area contributed by atoms with Crippen LogP contribution in [0.25, 0.3) is 10.9 Å². The van der Waals surface area contributed by atoms with Crippen LogP contribution >= 0.6 is 11.6 Å². The lowest BCUT2D eigenvalue weighted by atomic mass is 10.1. The maximum atomic E-state index is 11.8. The summed E-state index contributed by atoms with van der Waals surface area (Å²) >= 11 is 6.07. The summed E-state index contributed by atoms with van der Waals surface area (Å²) in [5, 5.41) is 4.45. The van der Waals surface area contributed by atoms with Crippen LogP contribution < -0.4 is 10.2 Å². The molecule has 0 atom stereocenters. The van der Waals surface area contributed by atoms with E-state index in [2.05, 4.69) is 10.3 Å². The first-order chi connectivity index (χ1) is 9.65. The lowest BCUT2D eigenvalue weighted by Gasteiger charge is -2.23. The Bertz CT molecular complexity index is 615. The number of nitrogens with one attached hydrogen (secondary N) is 1. The van der Waals surface area contributed by atoms with Crippen LogP contribution in [0.2, 0.25) is 5.02 Å². The van der Waals surface area contributed by atoms with E-state index in [1.807, 2.05) is 43.0 Å². The number of likely N-dealkylation sites (N-methyl/N-ethyl adjacent to an activating group) is 2. The number of nitrogens with zero attached hydrogens (tertiary/aromatic N) is 2. The molecule has 0 unspecified atom stereocenters. The number of rotatable bonds is 5. The van der Waals surface area contributed by atoms with Gasteiger partial charge in [-0.3, -0.25) is 9.78 Å². The summed E-state index contributed by atoms with van der Waals surface area (Å²) in [4.78, 5) is 18.1. The Balaban J connectivity index is 2.38. The number of fused-ring (bicyclic) bond motifs is 1. The average molecular weight is 292 g/mol. The molecule has 5 heteroatoms. The van der Waals surface area contributed by atoms with Crippen molar-refractivity contribution in [3.63, 3.8) is 0 Å². The fraction of sp³-hybridized carbons (Fsp3) is 0.333. The summed E-state index contributed by atoms with van der Waals surface area (Å²) in [5.41, 5.74) is 1.85. The molecule has 106 valence electrons.